The molecule has 2 atom stereocenters. The van der Waals surface area contributed by atoms with Gasteiger partial charge in [-0.2, -0.15) is 0 Å². The third kappa shape index (κ3) is 2.73. The molecular weight excluding hydrogens is 293 g/mol. The normalized spacial score (nSPS) is 25.9. The molecule has 0 nitrogen and oxygen atoms in total. The first-order chi connectivity index (χ1) is 9.65. The second kappa shape index (κ2) is 5.28. The lowest BCUT2D eigenvalue weighted by Crippen LogP contribution is -2.32. The van der Waals surface area contributed by atoms with Crippen LogP contribution in [0.3, 0.4) is 0 Å². The summed E-state index contributed by atoms with van der Waals surface area (Å²) in [4.78, 5) is 0. The fourth-order valence-corrected chi connectivity index (χ4v) is 2.22. The molecule has 112 valence electrons. The topological polar surface area (TPSA) is 0 Å². The van der Waals surface area contributed by atoms with Crippen molar-refractivity contribution in [3.63, 3.8) is 0 Å². The lowest BCUT2D eigenvalue weighted by atomic mass is 9.56. The van der Waals surface area contributed by atoms with E-state index in [0.717, 1.165) is 6.07 Å². The minimum atomic E-state index is -2.89. The van der Waals surface area contributed by atoms with Gasteiger partial charge in [0.2, 0.25) is 0 Å². The van der Waals surface area contributed by atoms with Crippen LogP contribution in [0, 0.1) is 18.6 Å². The molecule has 0 radical (unpaired) electrons. The van der Waals surface area contributed by atoms with Crippen molar-refractivity contribution in [1.29, 1.82) is 0 Å². The quantitative estimate of drug-likeness (QED) is 0.575. The Balaban J connectivity index is 2.44. The number of halogens is 6. The zero-order valence-electron chi connectivity index (χ0n) is 11.3. The maximum absolute atomic E-state index is 13.8. The van der Waals surface area contributed by atoms with Crippen molar-refractivity contribution in [2.75, 3.05) is 0 Å². The predicted molar refractivity (Wildman–Crippen MR) is 69.6 cm³/mol. The van der Waals surface area contributed by atoms with Crippen molar-refractivity contribution in [3.05, 3.63) is 52.9 Å². The van der Waals surface area contributed by atoms with Gasteiger partial charge in [0.1, 0.15) is 23.3 Å². The Hall–Kier alpha value is -1.66. The number of benzene rings is 1. The number of aryl methyl sites for hydroxylation is 1. The highest BCUT2D eigenvalue weighted by atomic mass is 19.2. The SMILES string of the molecule is Cc1ccc(F)c(BC2C(F)=CC(C)(F)C(F)=C2F)c1F. The summed E-state index contributed by atoms with van der Waals surface area (Å²) in [5.41, 5.74) is -3.37. The van der Waals surface area contributed by atoms with Crippen LogP contribution in [0.1, 0.15) is 12.5 Å². The summed E-state index contributed by atoms with van der Waals surface area (Å²) < 4.78 is 82.0. The summed E-state index contributed by atoms with van der Waals surface area (Å²) in [7, 11) is -0.767. The van der Waals surface area contributed by atoms with E-state index in [1.54, 1.807) is 0 Å². The molecule has 1 aliphatic carbocycles. The number of rotatable bonds is 2. The van der Waals surface area contributed by atoms with Crippen molar-refractivity contribution >= 4 is 12.7 Å². The molecule has 21 heavy (non-hydrogen) atoms. The molecule has 0 aliphatic heterocycles. The van der Waals surface area contributed by atoms with Crippen molar-refractivity contribution in [2.24, 2.45) is 0 Å². The number of hydrogen-bond acceptors (Lipinski definition) is 0. The molecule has 0 amide bonds. The number of allylic oxidation sites excluding steroid dienone is 4. The summed E-state index contributed by atoms with van der Waals surface area (Å²) in [6, 6.07) is 2.13. The molecule has 0 bridgehead atoms. The molecule has 7 heteroatoms. The second-order valence-corrected chi connectivity index (χ2v) is 5.18. The van der Waals surface area contributed by atoms with Crippen LogP contribution in [0.15, 0.2) is 35.7 Å². The van der Waals surface area contributed by atoms with E-state index in [0.29, 0.717) is 6.92 Å². The van der Waals surface area contributed by atoms with Gasteiger partial charge in [0.15, 0.2) is 18.8 Å². The van der Waals surface area contributed by atoms with Crippen molar-refractivity contribution in [3.8, 4) is 0 Å². The Morgan fingerprint density at radius 2 is 1.71 bits per heavy atom. The van der Waals surface area contributed by atoms with Gasteiger partial charge in [-0.25, -0.2) is 26.3 Å². The van der Waals surface area contributed by atoms with Gasteiger partial charge >= 0.3 is 0 Å². The number of alkyl halides is 1. The van der Waals surface area contributed by atoms with Crippen LogP contribution in [0.2, 0.25) is 5.82 Å². The fraction of sp³-hybridized carbons (Fsp3) is 0.286. The molecule has 0 spiro atoms. The zero-order chi connectivity index (χ0) is 15.9. The summed E-state index contributed by atoms with van der Waals surface area (Å²) >= 11 is 0. The Morgan fingerprint density at radius 3 is 2.33 bits per heavy atom. The van der Waals surface area contributed by atoms with E-state index in [4.69, 9.17) is 0 Å². The van der Waals surface area contributed by atoms with E-state index in [9.17, 15) is 26.3 Å². The minimum Gasteiger partial charge on any atom is -0.232 e. The third-order valence-electron chi connectivity index (χ3n) is 3.47. The zero-order valence-corrected chi connectivity index (χ0v) is 11.3. The van der Waals surface area contributed by atoms with E-state index in [1.165, 1.54) is 13.0 Å². The average Bonchev–Trinajstić information content (AvgIpc) is 2.39. The molecule has 0 N–H and O–H groups in total. The van der Waals surface area contributed by atoms with E-state index >= 15 is 0 Å². The van der Waals surface area contributed by atoms with E-state index in [-0.39, 0.29) is 11.6 Å². The highest BCUT2D eigenvalue weighted by Gasteiger charge is 2.41. The summed E-state index contributed by atoms with van der Waals surface area (Å²) in [5.74, 6) is -8.56. The summed E-state index contributed by atoms with van der Waals surface area (Å²) in [6.07, 6.45) is 0.279. The standard InChI is InChI=1S/C14H11BF6/c1-6-3-4-7(16)9(11(6)18)15-10-8(17)5-14(2,21)13(20)12(10)19/h3-5,10,15H,1-2H3. The first-order valence-electron chi connectivity index (χ1n) is 6.21. The van der Waals surface area contributed by atoms with Gasteiger partial charge in [0.05, 0.1) is 0 Å². The minimum absolute atomic E-state index is 0.0896. The Labute approximate surface area is 118 Å². The molecule has 0 saturated carbocycles. The van der Waals surface area contributed by atoms with E-state index in [1.807, 2.05) is 0 Å². The molecule has 1 aromatic rings. The van der Waals surface area contributed by atoms with Crippen LogP contribution < -0.4 is 5.46 Å². The third-order valence-corrected chi connectivity index (χ3v) is 3.47. The number of hydrogen-bond donors (Lipinski definition) is 0. The highest BCUT2D eigenvalue weighted by molar-refractivity contribution is 6.56. The van der Waals surface area contributed by atoms with Crippen LogP contribution in [-0.2, 0) is 0 Å². The monoisotopic (exact) mass is 304 g/mol. The summed E-state index contributed by atoms with van der Waals surface area (Å²) in [6.45, 7) is 2.02. The van der Waals surface area contributed by atoms with Gasteiger partial charge in [-0.05, 0) is 37.0 Å². The van der Waals surface area contributed by atoms with Crippen LogP contribution in [0.4, 0.5) is 26.3 Å². The highest BCUT2D eigenvalue weighted by Crippen LogP contribution is 2.43. The van der Waals surface area contributed by atoms with Crippen LogP contribution in [0.5, 0.6) is 0 Å². The van der Waals surface area contributed by atoms with Gasteiger partial charge < -0.3 is 0 Å². The van der Waals surface area contributed by atoms with Crippen LogP contribution >= 0.6 is 0 Å². The molecule has 0 heterocycles. The lowest BCUT2D eigenvalue weighted by Gasteiger charge is -2.25. The van der Waals surface area contributed by atoms with E-state index in [2.05, 4.69) is 0 Å². The Morgan fingerprint density at radius 1 is 1.10 bits per heavy atom. The molecule has 1 aliphatic rings. The van der Waals surface area contributed by atoms with E-state index < -0.39 is 53.3 Å². The molecule has 0 fully saturated rings. The first kappa shape index (κ1) is 15.7. The van der Waals surface area contributed by atoms with Gasteiger partial charge in [-0.15, -0.1) is 0 Å². The fourth-order valence-electron chi connectivity index (χ4n) is 2.22. The van der Waals surface area contributed by atoms with Gasteiger partial charge in [-0.1, -0.05) is 6.07 Å². The molecule has 0 aromatic heterocycles. The van der Waals surface area contributed by atoms with Gasteiger partial charge in [0, 0.05) is 5.82 Å². The average molecular weight is 304 g/mol. The van der Waals surface area contributed by atoms with Gasteiger partial charge in [0.25, 0.3) is 0 Å². The first-order valence-corrected chi connectivity index (χ1v) is 6.21. The Bertz CT molecular complexity index is 647. The van der Waals surface area contributed by atoms with Crippen molar-refractivity contribution in [2.45, 2.75) is 25.3 Å². The van der Waals surface area contributed by atoms with Crippen molar-refractivity contribution in [1.82, 2.24) is 0 Å². The van der Waals surface area contributed by atoms with Gasteiger partial charge in [-0.3, -0.25) is 0 Å². The Kier molecular flexibility index (Phi) is 3.95. The maximum atomic E-state index is 13.8. The second-order valence-electron chi connectivity index (χ2n) is 5.18. The predicted octanol–water partition coefficient (Wildman–Crippen LogP) is 3.87. The van der Waals surface area contributed by atoms with Crippen LogP contribution in [0.25, 0.3) is 0 Å². The summed E-state index contributed by atoms with van der Waals surface area (Å²) in [5, 5.41) is 0. The molecular formula is C14H11BF6. The largest absolute Gasteiger partial charge is 0.232 e. The maximum Gasteiger partial charge on any atom is 0.185 e. The van der Waals surface area contributed by atoms with Crippen molar-refractivity contribution < 1.29 is 26.3 Å². The molecule has 1 aromatic carbocycles. The van der Waals surface area contributed by atoms with Crippen LogP contribution in [-0.4, -0.2) is 12.9 Å². The molecule has 2 rings (SSSR count). The molecule has 2 unspecified atom stereocenters. The smallest absolute Gasteiger partial charge is 0.185 e. The lowest BCUT2D eigenvalue weighted by molar-refractivity contribution is 0.233. The molecule has 0 saturated heterocycles.